The molecule has 0 aliphatic carbocycles. The second-order valence-corrected chi connectivity index (χ2v) is 5.15. The molecule has 3 nitrogen and oxygen atoms in total. The molecular formula is C15H23NO2. The van der Waals surface area contributed by atoms with E-state index in [4.69, 9.17) is 4.74 Å². The Morgan fingerprint density at radius 1 is 1.28 bits per heavy atom. The van der Waals surface area contributed by atoms with Gasteiger partial charge in [0.1, 0.15) is 0 Å². The van der Waals surface area contributed by atoms with Crippen LogP contribution in [-0.2, 0) is 4.74 Å². The standard InChI is InChI=1S/C15H23NO2/c1-4-15(17)13-7-5-6-8-14(13)16-9-11(2)18-12(3)10-16/h5-8,11-12,15,17H,4,9-10H2,1-3H3. The van der Waals surface area contributed by atoms with Gasteiger partial charge in [-0.25, -0.2) is 0 Å². The summed E-state index contributed by atoms with van der Waals surface area (Å²) in [6.45, 7) is 7.98. The van der Waals surface area contributed by atoms with Crippen molar-refractivity contribution in [2.75, 3.05) is 18.0 Å². The number of ether oxygens (including phenoxy) is 1. The fourth-order valence-electron chi connectivity index (χ4n) is 2.65. The van der Waals surface area contributed by atoms with Crippen LogP contribution in [0.3, 0.4) is 0 Å². The summed E-state index contributed by atoms with van der Waals surface area (Å²) in [4.78, 5) is 2.33. The Kier molecular flexibility index (Phi) is 4.25. The number of aliphatic hydroxyl groups excluding tert-OH is 1. The topological polar surface area (TPSA) is 32.7 Å². The van der Waals surface area contributed by atoms with Crippen LogP contribution in [0.25, 0.3) is 0 Å². The predicted octanol–water partition coefficient (Wildman–Crippen LogP) is 2.74. The van der Waals surface area contributed by atoms with E-state index in [0.717, 1.165) is 30.8 Å². The number of hydrogen-bond donors (Lipinski definition) is 1. The molecular weight excluding hydrogens is 226 g/mol. The SMILES string of the molecule is CCC(O)c1ccccc1N1CC(C)OC(C)C1. The molecule has 18 heavy (non-hydrogen) atoms. The van der Waals surface area contributed by atoms with Crippen molar-refractivity contribution in [2.24, 2.45) is 0 Å². The zero-order valence-electron chi connectivity index (χ0n) is 11.5. The van der Waals surface area contributed by atoms with E-state index < -0.39 is 0 Å². The van der Waals surface area contributed by atoms with E-state index in [1.54, 1.807) is 0 Å². The summed E-state index contributed by atoms with van der Waals surface area (Å²) in [7, 11) is 0. The van der Waals surface area contributed by atoms with Crippen molar-refractivity contribution in [3.63, 3.8) is 0 Å². The minimum absolute atomic E-state index is 0.237. The lowest BCUT2D eigenvalue weighted by atomic mass is 10.0. The number of aliphatic hydroxyl groups is 1. The number of nitrogens with zero attached hydrogens (tertiary/aromatic N) is 1. The summed E-state index contributed by atoms with van der Waals surface area (Å²) >= 11 is 0. The van der Waals surface area contributed by atoms with Gasteiger partial charge in [-0.3, -0.25) is 0 Å². The lowest BCUT2D eigenvalue weighted by Crippen LogP contribution is -2.45. The Hall–Kier alpha value is -1.06. The van der Waals surface area contributed by atoms with Gasteiger partial charge in [0.15, 0.2) is 0 Å². The molecule has 0 saturated carbocycles. The first kappa shape index (κ1) is 13.4. The van der Waals surface area contributed by atoms with Crippen LogP contribution in [0.2, 0.25) is 0 Å². The summed E-state index contributed by atoms with van der Waals surface area (Å²) in [5, 5.41) is 10.1. The van der Waals surface area contributed by atoms with Crippen LogP contribution < -0.4 is 4.90 Å². The number of rotatable bonds is 3. The van der Waals surface area contributed by atoms with Gasteiger partial charge in [-0.05, 0) is 26.3 Å². The minimum atomic E-state index is -0.380. The van der Waals surface area contributed by atoms with Crippen LogP contribution in [0.15, 0.2) is 24.3 Å². The van der Waals surface area contributed by atoms with Gasteiger partial charge in [0.25, 0.3) is 0 Å². The third-order valence-electron chi connectivity index (χ3n) is 3.44. The molecule has 1 aromatic carbocycles. The number of hydrogen-bond acceptors (Lipinski definition) is 3. The third kappa shape index (κ3) is 2.85. The first-order chi connectivity index (χ1) is 8.61. The summed E-state index contributed by atoms with van der Waals surface area (Å²) in [5.41, 5.74) is 2.18. The molecule has 0 aromatic heterocycles. The quantitative estimate of drug-likeness (QED) is 0.894. The Balaban J connectivity index is 2.26. The van der Waals surface area contributed by atoms with E-state index in [0.29, 0.717) is 0 Å². The van der Waals surface area contributed by atoms with Gasteiger partial charge < -0.3 is 14.7 Å². The lowest BCUT2D eigenvalue weighted by Gasteiger charge is -2.38. The molecule has 2 rings (SSSR count). The maximum Gasteiger partial charge on any atom is 0.0807 e. The molecule has 0 spiro atoms. The maximum atomic E-state index is 10.1. The van der Waals surface area contributed by atoms with Crippen LogP contribution in [0.5, 0.6) is 0 Å². The highest BCUT2D eigenvalue weighted by molar-refractivity contribution is 5.55. The van der Waals surface area contributed by atoms with E-state index in [1.807, 2.05) is 25.1 Å². The Labute approximate surface area is 109 Å². The average Bonchev–Trinajstić information content (AvgIpc) is 2.36. The molecule has 0 amide bonds. The summed E-state index contributed by atoms with van der Waals surface area (Å²) in [6, 6.07) is 8.14. The van der Waals surface area contributed by atoms with E-state index in [1.165, 1.54) is 0 Å². The van der Waals surface area contributed by atoms with E-state index in [-0.39, 0.29) is 18.3 Å². The molecule has 1 N–H and O–H groups in total. The number of para-hydroxylation sites is 1. The molecule has 1 saturated heterocycles. The molecule has 3 unspecified atom stereocenters. The zero-order chi connectivity index (χ0) is 13.1. The van der Waals surface area contributed by atoms with Crippen molar-refractivity contribution in [1.82, 2.24) is 0 Å². The van der Waals surface area contributed by atoms with Crippen LogP contribution in [0, 0.1) is 0 Å². The average molecular weight is 249 g/mol. The first-order valence-corrected chi connectivity index (χ1v) is 6.79. The monoisotopic (exact) mass is 249 g/mol. The van der Waals surface area contributed by atoms with E-state index >= 15 is 0 Å². The molecule has 0 radical (unpaired) electrons. The van der Waals surface area contributed by atoms with Crippen LogP contribution in [-0.4, -0.2) is 30.4 Å². The Bertz CT molecular complexity index is 384. The van der Waals surface area contributed by atoms with Crippen LogP contribution in [0.4, 0.5) is 5.69 Å². The smallest absolute Gasteiger partial charge is 0.0807 e. The molecule has 100 valence electrons. The first-order valence-electron chi connectivity index (χ1n) is 6.79. The Morgan fingerprint density at radius 3 is 2.50 bits per heavy atom. The van der Waals surface area contributed by atoms with E-state index in [9.17, 15) is 5.11 Å². The Morgan fingerprint density at radius 2 is 1.89 bits per heavy atom. The van der Waals surface area contributed by atoms with Gasteiger partial charge in [-0.2, -0.15) is 0 Å². The second kappa shape index (κ2) is 5.72. The summed E-state index contributed by atoms with van der Waals surface area (Å²) in [5.74, 6) is 0. The van der Waals surface area contributed by atoms with Crippen molar-refractivity contribution in [3.05, 3.63) is 29.8 Å². The second-order valence-electron chi connectivity index (χ2n) is 5.15. The van der Waals surface area contributed by atoms with Crippen molar-refractivity contribution >= 4 is 5.69 Å². The highest BCUT2D eigenvalue weighted by Crippen LogP contribution is 2.30. The molecule has 1 aliphatic heterocycles. The number of benzene rings is 1. The van der Waals surface area contributed by atoms with Gasteiger partial charge in [0.05, 0.1) is 18.3 Å². The summed E-state index contributed by atoms with van der Waals surface area (Å²) < 4.78 is 5.76. The van der Waals surface area contributed by atoms with Gasteiger partial charge >= 0.3 is 0 Å². The van der Waals surface area contributed by atoms with Crippen molar-refractivity contribution in [1.29, 1.82) is 0 Å². The third-order valence-corrected chi connectivity index (χ3v) is 3.44. The number of morpholine rings is 1. The van der Waals surface area contributed by atoms with Crippen molar-refractivity contribution in [2.45, 2.75) is 45.5 Å². The van der Waals surface area contributed by atoms with Gasteiger partial charge in [0.2, 0.25) is 0 Å². The fraction of sp³-hybridized carbons (Fsp3) is 0.600. The number of anilines is 1. The molecule has 0 bridgehead atoms. The largest absolute Gasteiger partial charge is 0.388 e. The van der Waals surface area contributed by atoms with Gasteiger partial charge in [0, 0.05) is 24.3 Å². The maximum absolute atomic E-state index is 10.1. The molecule has 1 aromatic rings. The highest BCUT2D eigenvalue weighted by atomic mass is 16.5. The van der Waals surface area contributed by atoms with Crippen LogP contribution >= 0.6 is 0 Å². The zero-order valence-corrected chi connectivity index (χ0v) is 11.5. The van der Waals surface area contributed by atoms with Gasteiger partial charge in [-0.15, -0.1) is 0 Å². The van der Waals surface area contributed by atoms with Crippen molar-refractivity contribution < 1.29 is 9.84 Å². The molecule has 1 fully saturated rings. The minimum Gasteiger partial charge on any atom is -0.388 e. The molecule has 1 aliphatic rings. The lowest BCUT2D eigenvalue weighted by molar-refractivity contribution is -0.00540. The van der Waals surface area contributed by atoms with Crippen LogP contribution in [0.1, 0.15) is 38.9 Å². The fourth-order valence-corrected chi connectivity index (χ4v) is 2.65. The normalized spacial score (nSPS) is 26.1. The predicted molar refractivity (Wildman–Crippen MR) is 73.9 cm³/mol. The summed E-state index contributed by atoms with van der Waals surface area (Å²) in [6.07, 6.45) is 0.836. The van der Waals surface area contributed by atoms with Gasteiger partial charge in [-0.1, -0.05) is 25.1 Å². The van der Waals surface area contributed by atoms with Crippen molar-refractivity contribution in [3.8, 4) is 0 Å². The molecule has 3 heteroatoms. The highest BCUT2D eigenvalue weighted by Gasteiger charge is 2.24. The molecule has 3 atom stereocenters. The van der Waals surface area contributed by atoms with E-state index in [2.05, 4.69) is 24.8 Å². The molecule has 1 heterocycles.